The summed E-state index contributed by atoms with van der Waals surface area (Å²) in [7, 11) is 2.53. The van der Waals surface area contributed by atoms with Crippen molar-refractivity contribution in [3.63, 3.8) is 0 Å². The van der Waals surface area contributed by atoms with E-state index in [9.17, 15) is 9.59 Å². The number of hydrogen-bond acceptors (Lipinski definition) is 5. The SMILES string of the molecule is CCCCC1=Cc2ccccc2C(CC(C(=O)OC)C(=O)OC)O1. The summed E-state index contributed by atoms with van der Waals surface area (Å²) in [5.74, 6) is -1.32. The Balaban J connectivity index is 2.26. The highest BCUT2D eigenvalue weighted by Gasteiger charge is 2.35. The van der Waals surface area contributed by atoms with E-state index in [1.54, 1.807) is 0 Å². The Bertz CT molecular complexity index is 604. The molecule has 130 valence electrons. The summed E-state index contributed by atoms with van der Waals surface area (Å²) in [5.41, 5.74) is 2.03. The fourth-order valence-electron chi connectivity index (χ4n) is 2.83. The van der Waals surface area contributed by atoms with Crippen LogP contribution in [0.3, 0.4) is 0 Å². The molecule has 1 aliphatic heterocycles. The van der Waals surface area contributed by atoms with Crippen molar-refractivity contribution in [2.75, 3.05) is 14.2 Å². The van der Waals surface area contributed by atoms with Crippen LogP contribution in [0.2, 0.25) is 0 Å². The Labute approximate surface area is 142 Å². The third kappa shape index (κ3) is 4.16. The Morgan fingerprint density at radius 3 is 2.46 bits per heavy atom. The van der Waals surface area contributed by atoms with E-state index in [2.05, 4.69) is 6.92 Å². The first-order valence-electron chi connectivity index (χ1n) is 8.22. The van der Waals surface area contributed by atoms with Crippen molar-refractivity contribution < 1.29 is 23.8 Å². The van der Waals surface area contributed by atoms with E-state index < -0.39 is 17.9 Å². The third-order valence-electron chi connectivity index (χ3n) is 4.15. The molecule has 1 aromatic rings. The first kappa shape index (κ1) is 18.0. The van der Waals surface area contributed by atoms with Crippen LogP contribution in [0.4, 0.5) is 0 Å². The molecule has 0 spiro atoms. The predicted octanol–water partition coefficient (Wildman–Crippen LogP) is 3.64. The van der Waals surface area contributed by atoms with Gasteiger partial charge >= 0.3 is 11.9 Å². The predicted molar refractivity (Wildman–Crippen MR) is 89.9 cm³/mol. The summed E-state index contributed by atoms with van der Waals surface area (Å²) in [6.45, 7) is 2.12. The Hall–Kier alpha value is -2.30. The fourth-order valence-corrected chi connectivity index (χ4v) is 2.83. The van der Waals surface area contributed by atoms with Crippen LogP contribution in [0.25, 0.3) is 6.08 Å². The van der Waals surface area contributed by atoms with Crippen LogP contribution in [0, 0.1) is 5.92 Å². The number of hydrogen-bond donors (Lipinski definition) is 0. The van der Waals surface area contributed by atoms with Gasteiger partial charge in [-0.05, 0) is 23.6 Å². The topological polar surface area (TPSA) is 61.8 Å². The van der Waals surface area contributed by atoms with Crippen molar-refractivity contribution in [2.45, 2.75) is 38.7 Å². The average molecular weight is 332 g/mol. The molecular formula is C19H24O5. The van der Waals surface area contributed by atoms with Crippen LogP contribution in [0.5, 0.6) is 0 Å². The number of unbranched alkanes of at least 4 members (excludes halogenated alkanes) is 1. The minimum atomic E-state index is -0.997. The molecule has 2 rings (SSSR count). The number of allylic oxidation sites excluding steroid dienone is 1. The molecular weight excluding hydrogens is 308 g/mol. The lowest BCUT2D eigenvalue weighted by Gasteiger charge is -2.29. The molecule has 1 atom stereocenters. The molecule has 1 aliphatic rings. The van der Waals surface area contributed by atoms with Crippen molar-refractivity contribution in [1.29, 1.82) is 0 Å². The van der Waals surface area contributed by atoms with Gasteiger partial charge in [-0.2, -0.15) is 0 Å². The Morgan fingerprint density at radius 1 is 1.17 bits per heavy atom. The van der Waals surface area contributed by atoms with Gasteiger partial charge < -0.3 is 14.2 Å². The summed E-state index contributed by atoms with van der Waals surface area (Å²) < 4.78 is 15.6. The minimum Gasteiger partial charge on any atom is -0.490 e. The molecule has 0 fully saturated rings. The highest BCUT2D eigenvalue weighted by Crippen LogP contribution is 2.37. The number of benzene rings is 1. The summed E-state index contributed by atoms with van der Waals surface area (Å²) in [4.78, 5) is 23.9. The van der Waals surface area contributed by atoms with Crippen molar-refractivity contribution in [3.05, 3.63) is 41.2 Å². The number of fused-ring (bicyclic) bond motifs is 1. The van der Waals surface area contributed by atoms with E-state index in [0.717, 1.165) is 36.1 Å². The van der Waals surface area contributed by atoms with Gasteiger partial charge in [0.2, 0.25) is 0 Å². The second-order valence-electron chi connectivity index (χ2n) is 5.78. The van der Waals surface area contributed by atoms with E-state index in [1.807, 2.05) is 30.3 Å². The molecule has 24 heavy (non-hydrogen) atoms. The standard InChI is InChI=1S/C19H24O5/c1-4-5-9-14-11-13-8-6-7-10-15(13)17(24-14)12-16(18(20)22-2)19(21)23-3/h6-8,10-11,16-17H,4-5,9,12H2,1-3H3. The van der Waals surface area contributed by atoms with E-state index >= 15 is 0 Å². The zero-order chi connectivity index (χ0) is 17.5. The lowest BCUT2D eigenvalue weighted by Crippen LogP contribution is -2.29. The van der Waals surface area contributed by atoms with Gasteiger partial charge in [0.05, 0.1) is 20.0 Å². The molecule has 0 N–H and O–H groups in total. The molecule has 0 saturated heterocycles. The average Bonchev–Trinajstić information content (AvgIpc) is 2.62. The molecule has 1 heterocycles. The quantitative estimate of drug-likeness (QED) is 0.563. The highest BCUT2D eigenvalue weighted by molar-refractivity contribution is 5.94. The molecule has 5 nitrogen and oxygen atoms in total. The van der Waals surface area contributed by atoms with Gasteiger partial charge in [-0.1, -0.05) is 37.6 Å². The number of esters is 2. The molecule has 0 aliphatic carbocycles. The van der Waals surface area contributed by atoms with Crippen molar-refractivity contribution in [2.24, 2.45) is 5.92 Å². The molecule has 0 amide bonds. The van der Waals surface area contributed by atoms with Gasteiger partial charge in [0.15, 0.2) is 5.92 Å². The maximum Gasteiger partial charge on any atom is 0.320 e. The Morgan fingerprint density at radius 2 is 1.83 bits per heavy atom. The zero-order valence-corrected chi connectivity index (χ0v) is 14.4. The van der Waals surface area contributed by atoms with Gasteiger partial charge in [0, 0.05) is 12.8 Å². The number of rotatable bonds is 7. The van der Waals surface area contributed by atoms with Gasteiger partial charge in [-0.3, -0.25) is 9.59 Å². The second-order valence-corrected chi connectivity index (χ2v) is 5.78. The molecule has 0 aromatic heterocycles. The molecule has 0 bridgehead atoms. The first-order chi connectivity index (χ1) is 11.6. The summed E-state index contributed by atoms with van der Waals surface area (Å²) in [6, 6.07) is 7.86. The monoisotopic (exact) mass is 332 g/mol. The van der Waals surface area contributed by atoms with Crippen LogP contribution >= 0.6 is 0 Å². The van der Waals surface area contributed by atoms with E-state index in [4.69, 9.17) is 14.2 Å². The largest absolute Gasteiger partial charge is 0.490 e. The fraction of sp³-hybridized carbons (Fsp3) is 0.474. The lowest BCUT2D eigenvalue weighted by molar-refractivity contribution is -0.160. The summed E-state index contributed by atoms with van der Waals surface area (Å²) in [6.07, 6.45) is 4.79. The van der Waals surface area contributed by atoms with E-state index in [-0.39, 0.29) is 12.5 Å². The maximum atomic E-state index is 12.0. The van der Waals surface area contributed by atoms with Crippen molar-refractivity contribution in [3.8, 4) is 0 Å². The number of carbonyl (C=O) groups excluding carboxylic acids is 2. The number of carbonyl (C=O) groups is 2. The number of ether oxygens (including phenoxy) is 3. The number of methoxy groups -OCH3 is 2. The van der Waals surface area contributed by atoms with Gasteiger partial charge in [-0.15, -0.1) is 0 Å². The third-order valence-corrected chi connectivity index (χ3v) is 4.15. The smallest absolute Gasteiger partial charge is 0.320 e. The molecule has 0 saturated carbocycles. The normalized spacial score (nSPS) is 16.0. The zero-order valence-electron chi connectivity index (χ0n) is 14.4. The van der Waals surface area contributed by atoms with Crippen molar-refractivity contribution in [1.82, 2.24) is 0 Å². The van der Waals surface area contributed by atoms with Gasteiger partial charge in [0.25, 0.3) is 0 Å². The highest BCUT2D eigenvalue weighted by atomic mass is 16.5. The lowest BCUT2D eigenvalue weighted by atomic mass is 9.91. The minimum absolute atomic E-state index is 0.194. The van der Waals surface area contributed by atoms with Gasteiger partial charge in [0.1, 0.15) is 6.10 Å². The van der Waals surface area contributed by atoms with E-state index in [0.29, 0.717) is 0 Å². The second kappa shape index (κ2) is 8.52. The van der Waals surface area contributed by atoms with Crippen LogP contribution < -0.4 is 0 Å². The molecule has 1 aromatic carbocycles. The van der Waals surface area contributed by atoms with Crippen LogP contribution in [-0.4, -0.2) is 26.2 Å². The van der Waals surface area contributed by atoms with Crippen LogP contribution in [-0.2, 0) is 23.8 Å². The van der Waals surface area contributed by atoms with Gasteiger partial charge in [-0.25, -0.2) is 0 Å². The van der Waals surface area contributed by atoms with E-state index in [1.165, 1.54) is 14.2 Å². The van der Waals surface area contributed by atoms with Crippen LogP contribution in [0.1, 0.15) is 49.8 Å². The Kier molecular flexibility index (Phi) is 6.41. The summed E-state index contributed by atoms with van der Waals surface area (Å²) >= 11 is 0. The molecule has 1 unspecified atom stereocenters. The first-order valence-corrected chi connectivity index (χ1v) is 8.22. The molecule has 5 heteroatoms. The van der Waals surface area contributed by atoms with Crippen LogP contribution in [0.15, 0.2) is 30.0 Å². The van der Waals surface area contributed by atoms with Crippen molar-refractivity contribution >= 4 is 18.0 Å². The maximum absolute atomic E-state index is 12.0. The molecule has 0 radical (unpaired) electrons. The summed E-state index contributed by atoms with van der Waals surface area (Å²) in [5, 5.41) is 0.